The van der Waals surface area contributed by atoms with Crippen LogP contribution in [0.3, 0.4) is 0 Å². The first-order chi connectivity index (χ1) is 24.6. The quantitative estimate of drug-likeness (QED) is 0.0331. The highest BCUT2D eigenvalue weighted by atomic mass is 16.6. The molecule has 51 heavy (non-hydrogen) atoms. The van der Waals surface area contributed by atoms with Crippen LogP contribution in [-0.2, 0) is 28.6 Å². The third-order valence-electron chi connectivity index (χ3n) is 7.49. The van der Waals surface area contributed by atoms with Gasteiger partial charge in [0.25, 0.3) is 0 Å². The Bertz CT molecular complexity index is 1150. The van der Waals surface area contributed by atoms with Gasteiger partial charge >= 0.3 is 17.9 Å². The van der Waals surface area contributed by atoms with Gasteiger partial charge in [0.1, 0.15) is 6.61 Å². The fraction of sp³-hybridized carbons (Fsp3) is 0.558. The van der Waals surface area contributed by atoms with Crippen molar-refractivity contribution < 1.29 is 38.2 Å². The molecule has 0 aliphatic carbocycles. The Morgan fingerprint density at radius 2 is 1.04 bits per heavy atom. The first-order valence-electron chi connectivity index (χ1n) is 18.8. The van der Waals surface area contributed by atoms with E-state index in [1.54, 1.807) is 0 Å². The van der Waals surface area contributed by atoms with Gasteiger partial charge < -0.3 is 23.8 Å². The lowest BCUT2D eigenvalue weighted by Crippen LogP contribution is -2.50. The highest BCUT2D eigenvalue weighted by Gasteiger charge is 2.31. The number of quaternary nitrogens is 1. The summed E-state index contributed by atoms with van der Waals surface area (Å²) in [7, 11) is 5.46. The lowest BCUT2D eigenvalue weighted by molar-refractivity contribution is -0.887. The van der Waals surface area contributed by atoms with E-state index in [0.29, 0.717) is 19.3 Å². The fourth-order valence-corrected chi connectivity index (χ4v) is 4.63. The highest BCUT2D eigenvalue weighted by molar-refractivity contribution is 5.72. The molecule has 0 aromatic carbocycles. The Morgan fingerprint density at radius 1 is 0.588 bits per heavy atom. The smallest absolute Gasteiger partial charge is 0.362 e. The standard InChI is InChI=1S/C43H67NO7/c1-6-8-10-12-14-16-18-19-20-21-22-24-25-27-29-31-33-41(45)50-38-39(37-49-36-35-40(43(47)48)44(3,4)5)51-42(46)34-32-30-28-26-23-17-15-13-11-9-7-2/h8-11,14-17,19-20,22,24,26-29,39-40H,6-7,12-13,18,21,23,25,30-38H2,1-5H3/p+1/b10-8+,11-9+,16-14+,17-15+,20-19+,24-22+,28-26+,29-27+. The summed E-state index contributed by atoms with van der Waals surface area (Å²) in [6.07, 6.45) is 43.4. The minimum absolute atomic E-state index is 0.0109. The predicted molar refractivity (Wildman–Crippen MR) is 210 cm³/mol. The maximum absolute atomic E-state index is 12.6. The van der Waals surface area contributed by atoms with Crippen LogP contribution >= 0.6 is 0 Å². The Hall–Kier alpha value is -3.75. The number of esters is 2. The van der Waals surface area contributed by atoms with E-state index in [2.05, 4.69) is 98.9 Å². The zero-order valence-electron chi connectivity index (χ0n) is 32.3. The van der Waals surface area contributed by atoms with E-state index in [4.69, 9.17) is 14.2 Å². The monoisotopic (exact) mass is 710 g/mol. The second kappa shape index (κ2) is 33.4. The van der Waals surface area contributed by atoms with Gasteiger partial charge in [0.15, 0.2) is 12.1 Å². The SMILES string of the molecule is CC/C=C/C/C=C/C/C=C/C/C=C/C/C=C/CCC(=O)OCC(COCCC(C(=O)O)[N+](C)(C)C)OC(=O)CCC/C=C/C/C=C/C/C=C/CC. The summed E-state index contributed by atoms with van der Waals surface area (Å²) in [5.41, 5.74) is 0. The van der Waals surface area contributed by atoms with Gasteiger partial charge in [-0.2, -0.15) is 0 Å². The zero-order valence-corrected chi connectivity index (χ0v) is 32.3. The van der Waals surface area contributed by atoms with Gasteiger partial charge in [0.2, 0.25) is 0 Å². The van der Waals surface area contributed by atoms with Gasteiger partial charge in [-0.05, 0) is 70.6 Å². The molecule has 0 radical (unpaired) electrons. The number of likely N-dealkylation sites (N-methyl/N-ethyl adjacent to an activating group) is 1. The first kappa shape index (κ1) is 47.2. The number of carbonyl (C=O) groups excluding carboxylic acids is 2. The third kappa shape index (κ3) is 31.9. The largest absolute Gasteiger partial charge is 0.477 e. The molecule has 2 atom stereocenters. The molecule has 1 N–H and O–H groups in total. The third-order valence-corrected chi connectivity index (χ3v) is 7.49. The topological polar surface area (TPSA) is 99.1 Å². The molecular formula is C43H68NO7+. The second-order valence-corrected chi connectivity index (χ2v) is 13.1. The molecule has 0 heterocycles. The summed E-state index contributed by atoms with van der Waals surface area (Å²) in [4.78, 5) is 36.7. The number of nitrogens with zero attached hydrogens (tertiary/aromatic N) is 1. The van der Waals surface area contributed by atoms with E-state index in [1.807, 2.05) is 33.3 Å². The molecule has 0 aliphatic heterocycles. The molecule has 0 saturated carbocycles. The van der Waals surface area contributed by atoms with Crippen LogP contribution in [0, 0.1) is 0 Å². The maximum atomic E-state index is 12.6. The Balaban J connectivity index is 4.63. The number of unbranched alkanes of at least 4 members (excludes halogenated alkanes) is 1. The van der Waals surface area contributed by atoms with Crippen molar-refractivity contribution in [2.75, 3.05) is 41.0 Å². The number of aliphatic carboxylic acids is 1. The molecule has 0 aromatic heterocycles. The predicted octanol–water partition coefficient (Wildman–Crippen LogP) is 9.57. The van der Waals surface area contributed by atoms with E-state index in [0.717, 1.165) is 57.8 Å². The number of rotatable bonds is 31. The average Bonchev–Trinajstić information content (AvgIpc) is 3.08. The van der Waals surface area contributed by atoms with Crippen molar-refractivity contribution in [2.45, 2.75) is 116 Å². The van der Waals surface area contributed by atoms with E-state index in [9.17, 15) is 19.5 Å². The molecule has 0 amide bonds. The lowest BCUT2D eigenvalue weighted by atomic mass is 10.1. The van der Waals surface area contributed by atoms with Gasteiger partial charge in [0.05, 0.1) is 34.4 Å². The molecule has 2 unspecified atom stereocenters. The van der Waals surface area contributed by atoms with Crippen molar-refractivity contribution in [3.05, 3.63) is 97.2 Å². The van der Waals surface area contributed by atoms with Crippen LogP contribution in [0.5, 0.6) is 0 Å². The number of ether oxygens (including phenoxy) is 3. The summed E-state index contributed by atoms with van der Waals surface area (Å²) >= 11 is 0. The van der Waals surface area contributed by atoms with Crippen molar-refractivity contribution >= 4 is 17.9 Å². The molecule has 8 nitrogen and oxygen atoms in total. The van der Waals surface area contributed by atoms with Gasteiger partial charge in [-0.25, -0.2) is 4.79 Å². The fourth-order valence-electron chi connectivity index (χ4n) is 4.63. The Morgan fingerprint density at radius 3 is 1.49 bits per heavy atom. The van der Waals surface area contributed by atoms with Crippen molar-refractivity contribution in [2.24, 2.45) is 0 Å². The highest BCUT2D eigenvalue weighted by Crippen LogP contribution is 2.10. The Kier molecular flexibility index (Phi) is 30.9. The lowest BCUT2D eigenvalue weighted by Gasteiger charge is -2.31. The molecule has 8 heteroatoms. The summed E-state index contributed by atoms with van der Waals surface area (Å²) in [6.45, 7) is 4.32. The second-order valence-electron chi connectivity index (χ2n) is 13.1. The first-order valence-corrected chi connectivity index (χ1v) is 18.8. The molecule has 0 aromatic rings. The van der Waals surface area contributed by atoms with Gasteiger partial charge in [-0.3, -0.25) is 9.59 Å². The minimum Gasteiger partial charge on any atom is -0.477 e. The zero-order chi connectivity index (χ0) is 37.8. The normalized spacial score (nSPS) is 14.1. The van der Waals surface area contributed by atoms with Crippen molar-refractivity contribution in [1.29, 1.82) is 0 Å². The molecule has 0 rings (SSSR count). The number of hydrogen-bond acceptors (Lipinski definition) is 6. The van der Waals surface area contributed by atoms with Gasteiger partial charge in [0, 0.05) is 19.3 Å². The average molecular weight is 711 g/mol. The van der Waals surface area contributed by atoms with Crippen LogP contribution in [0.25, 0.3) is 0 Å². The summed E-state index contributed by atoms with van der Waals surface area (Å²) in [5, 5.41) is 9.57. The van der Waals surface area contributed by atoms with Crippen LogP contribution in [0.1, 0.15) is 104 Å². The summed E-state index contributed by atoms with van der Waals surface area (Å²) in [5.74, 6) is -1.66. The molecule has 286 valence electrons. The van der Waals surface area contributed by atoms with Crippen LogP contribution in [-0.4, -0.2) is 80.6 Å². The van der Waals surface area contributed by atoms with Crippen LogP contribution in [0.2, 0.25) is 0 Å². The van der Waals surface area contributed by atoms with Crippen LogP contribution < -0.4 is 0 Å². The summed E-state index contributed by atoms with van der Waals surface area (Å²) < 4.78 is 17.0. The molecule has 0 spiro atoms. The van der Waals surface area contributed by atoms with Crippen molar-refractivity contribution in [3.8, 4) is 0 Å². The molecule has 0 fully saturated rings. The molecular weight excluding hydrogens is 642 g/mol. The maximum Gasteiger partial charge on any atom is 0.362 e. The van der Waals surface area contributed by atoms with E-state index < -0.39 is 18.1 Å². The Labute approximate surface area is 309 Å². The van der Waals surface area contributed by atoms with E-state index in [1.165, 1.54) is 0 Å². The van der Waals surface area contributed by atoms with Crippen LogP contribution in [0.4, 0.5) is 0 Å². The molecule has 0 aliphatic rings. The van der Waals surface area contributed by atoms with E-state index in [-0.39, 0.29) is 49.1 Å². The number of carboxylic acids is 1. The minimum atomic E-state index is -0.898. The molecule has 0 bridgehead atoms. The number of carbonyl (C=O) groups is 3. The molecule has 0 saturated heterocycles. The van der Waals surface area contributed by atoms with Crippen molar-refractivity contribution in [3.63, 3.8) is 0 Å². The van der Waals surface area contributed by atoms with Crippen molar-refractivity contribution in [1.82, 2.24) is 0 Å². The summed E-state index contributed by atoms with van der Waals surface area (Å²) in [6, 6.07) is -0.638. The number of allylic oxidation sites excluding steroid dienone is 16. The van der Waals surface area contributed by atoms with Crippen LogP contribution in [0.15, 0.2) is 97.2 Å². The van der Waals surface area contributed by atoms with Gasteiger partial charge in [-0.15, -0.1) is 0 Å². The van der Waals surface area contributed by atoms with Gasteiger partial charge in [-0.1, -0.05) is 111 Å². The number of hydrogen-bond donors (Lipinski definition) is 1. The number of carboxylic acid groups (broad SMARTS) is 1. The van der Waals surface area contributed by atoms with E-state index >= 15 is 0 Å².